The van der Waals surface area contributed by atoms with Crippen LogP contribution in [0.5, 0.6) is 11.5 Å². The Labute approximate surface area is 126 Å². The molecule has 0 amide bonds. The summed E-state index contributed by atoms with van der Waals surface area (Å²) in [6, 6.07) is 5.74. The van der Waals surface area contributed by atoms with Gasteiger partial charge in [0, 0.05) is 6.04 Å². The molecule has 21 heavy (non-hydrogen) atoms. The van der Waals surface area contributed by atoms with E-state index >= 15 is 0 Å². The highest BCUT2D eigenvalue weighted by Crippen LogP contribution is 2.29. The second-order valence-corrected chi connectivity index (χ2v) is 5.07. The maximum Gasteiger partial charge on any atom is 0.304 e. The van der Waals surface area contributed by atoms with Gasteiger partial charge in [0.1, 0.15) is 0 Å². The van der Waals surface area contributed by atoms with Crippen molar-refractivity contribution in [2.24, 2.45) is 0 Å². The summed E-state index contributed by atoms with van der Waals surface area (Å²) in [6.07, 6.45) is 0.774. The first-order valence-electron chi connectivity index (χ1n) is 7.24. The lowest BCUT2D eigenvalue weighted by Gasteiger charge is -2.23. The zero-order valence-electron chi connectivity index (χ0n) is 13.3. The standard InChI is InChI=1S/C16H25NO4/c1-5-20-14-8-7-12(10-15(14)21-6-2)9-13(17(3)4)11-16(18)19/h7-8,10,13H,5-6,9,11H2,1-4H3,(H,18,19). The van der Waals surface area contributed by atoms with Gasteiger partial charge in [-0.05, 0) is 52.1 Å². The van der Waals surface area contributed by atoms with Crippen LogP contribution in [0.1, 0.15) is 25.8 Å². The molecule has 0 aliphatic heterocycles. The summed E-state index contributed by atoms with van der Waals surface area (Å²) < 4.78 is 11.1. The van der Waals surface area contributed by atoms with Crippen molar-refractivity contribution in [2.75, 3.05) is 27.3 Å². The highest BCUT2D eigenvalue weighted by molar-refractivity contribution is 5.67. The quantitative estimate of drug-likeness (QED) is 0.758. The Bertz CT molecular complexity index is 460. The van der Waals surface area contributed by atoms with Crippen LogP contribution in [0.25, 0.3) is 0 Å². The first-order valence-corrected chi connectivity index (χ1v) is 7.24. The van der Waals surface area contributed by atoms with Crippen LogP contribution in [-0.2, 0) is 11.2 Å². The van der Waals surface area contributed by atoms with Crippen LogP contribution >= 0.6 is 0 Å². The summed E-state index contributed by atoms with van der Waals surface area (Å²) in [7, 11) is 3.79. The number of hydrogen-bond donors (Lipinski definition) is 1. The van der Waals surface area contributed by atoms with Gasteiger partial charge < -0.3 is 19.5 Å². The summed E-state index contributed by atoms with van der Waals surface area (Å²) in [5, 5.41) is 8.99. The van der Waals surface area contributed by atoms with Crippen LogP contribution in [0.2, 0.25) is 0 Å². The molecular weight excluding hydrogens is 270 g/mol. The van der Waals surface area contributed by atoms with E-state index in [9.17, 15) is 4.79 Å². The van der Waals surface area contributed by atoms with Crippen molar-refractivity contribution in [3.63, 3.8) is 0 Å². The fraction of sp³-hybridized carbons (Fsp3) is 0.562. The number of aliphatic carboxylic acids is 1. The minimum atomic E-state index is -0.787. The molecule has 1 atom stereocenters. The molecule has 0 aliphatic carbocycles. The molecule has 0 radical (unpaired) electrons. The number of rotatable bonds is 9. The molecule has 0 bridgehead atoms. The van der Waals surface area contributed by atoms with Gasteiger partial charge in [-0.2, -0.15) is 0 Å². The zero-order valence-corrected chi connectivity index (χ0v) is 13.3. The third-order valence-electron chi connectivity index (χ3n) is 3.22. The molecule has 0 heterocycles. The molecule has 0 spiro atoms. The zero-order chi connectivity index (χ0) is 15.8. The number of ether oxygens (including phenoxy) is 2. The van der Waals surface area contributed by atoms with Crippen molar-refractivity contribution in [2.45, 2.75) is 32.7 Å². The van der Waals surface area contributed by atoms with E-state index in [-0.39, 0.29) is 12.5 Å². The Morgan fingerprint density at radius 3 is 2.33 bits per heavy atom. The summed E-state index contributed by atoms with van der Waals surface area (Å²) >= 11 is 0. The minimum Gasteiger partial charge on any atom is -0.490 e. The van der Waals surface area contributed by atoms with Crippen molar-refractivity contribution < 1.29 is 19.4 Å². The van der Waals surface area contributed by atoms with Gasteiger partial charge in [-0.15, -0.1) is 0 Å². The predicted molar refractivity (Wildman–Crippen MR) is 82.2 cm³/mol. The van der Waals surface area contributed by atoms with Crippen molar-refractivity contribution >= 4 is 5.97 Å². The largest absolute Gasteiger partial charge is 0.490 e. The van der Waals surface area contributed by atoms with E-state index in [0.29, 0.717) is 25.4 Å². The Morgan fingerprint density at radius 2 is 1.81 bits per heavy atom. The Morgan fingerprint density at radius 1 is 1.19 bits per heavy atom. The van der Waals surface area contributed by atoms with Gasteiger partial charge in [-0.1, -0.05) is 6.07 Å². The van der Waals surface area contributed by atoms with Gasteiger partial charge in [-0.25, -0.2) is 0 Å². The van der Waals surface area contributed by atoms with E-state index < -0.39 is 5.97 Å². The third kappa shape index (κ3) is 5.63. The second-order valence-electron chi connectivity index (χ2n) is 5.07. The van der Waals surface area contributed by atoms with E-state index in [0.717, 1.165) is 11.3 Å². The van der Waals surface area contributed by atoms with Crippen molar-refractivity contribution in [1.29, 1.82) is 0 Å². The van der Waals surface area contributed by atoms with Crippen LogP contribution in [0.4, 0.5) is 0 Å². The molecule has 5 nitrogen and oxygen atoms in total. The number of benzene rings is 1. The number of carbonyl (C=O) groups is 1. The summed E-state index contributed by atoms with van der Waals surface area (Å²) in [4.78, 5) is 12.9. The second kappa shape index (κ2) is 8.52. The van der Waals surface area contributed by atoms with E-state index in [4.69, 9.17) is 14.6 Å². The highest BCUT2D eigenvalue weighted by Gasteiger charge is 2.17. The lowest BCUT2D eigenvalue weighted by Crippen LogP contribution is -2.32. The molecule has 1 N–H and O–H groups in total. The van der Waals surface area contributed by atoms with Crippen LogP contribution in [0, 0.1) is 0 Å². The van der Waals surface area contributed by atoms with Crippen molar-refractivity contribution in [3.05, 3.63) is 23.8 Å². The molecule has 0 aromatic heterocycles. The van der Waals surface area contributed by atoms with E-state index in [1.54, 1.807) is 0 Å². The molecule has 0 fully saturated rings. The monoisotopic (exact) mass is 295 g/mol. The van der Waals surface area contributed by atoms with Crippen molar-refractivity contribution in [3.8, 4) is 11.5 Å². The smallest absolute Gasteiger partial charge is 0.304 e. The third-order valence-corrected chi connectivity index (χ3v) is 3.22. The highest BCUT2D eigenvalue weighted by atomic mass is 16.5. The van der Waals surface area contributed by atoms with Gasteiger partial charge in [-0.3, -0.25) is 4.79 Å². The van der Waals surface area contributed by atoms with Gasteiger partial charge >= 0.3 is 5.97 Å². The van der Waals surface area contributed by atoms with Gasteiger partial charge in [0.15, 0.2) is 11.5 Å². The van der Waals surface area contributed by atoms with E-state index in [2.05, 4.69) is 0 Å². The lowest BCUT2D eigenvalue weighted by atomic mass is 10.0. The Kier molecular flexibility index (Phi) is 7.02. The van der Waals surface area contributed by atoms with Gasteiger partial charge in [0.05, 0.1) is 19.6 Å². The number of carboxylic acid groups (broad SMARTS) is 1. The van der Waals surface area contributed by atoms with E-state index in [1.165, 1.54) is 0 Å². The molecule has 0 saturated heterocycles. The van der Waals surface area contributed by atoms with Crippen LogP contribution in [0.3, 0.4) is 0 Å². The molecule has 0 saturated carbocycles. The molecule has 1 aromatic rings. The van der Waals surface area contributed by atoms with Gasteiger partial charge in [0.2, 0.25) is 0 Å². The predicted octanol–water partition coefficient (Wildman–Crippen LogP) is 2.43. The molecule has 5 heteroatoms. The Balaban J connectivity index is 2.91. The molecule has 1 unspecified atom stereocenters. The molecule has 1 rings (SSSR count). The van der Waals surface area contributed by atoms with Crippen LogP contribution < -0.4 is 9.47 Å². The lowest BCUT2D eigenvalue weighted by molar-refractivity contribution is -0.138. The fourth-order valence-corrected chi connectivity index (χ4v) is 2.13. The fourth-order valence-electron chi connectivity index (χ4n) is 2.13. The first kappa shape index (κ1) is 17.3. The number of likely N-dealkylation sites (N-methyl/N-ethyl adjacent to an activating group) is 1. The number of carboxylic acids is 1. The number of hydrogen-bond acceptors (Lipinski definition) is 4. The van der Waals surface area contributed by atoms with Gasteiger partial charge in [0.25, 0.3) is 0 Å². The average molecular weight is 295 g/mol. The number of nitrogens with zero attached hydrogens (tertiary/aromatic N) is 1. The molecule has 118 valence electrons. The van der Waals surface area contributed by atoms with Crippen molar-refractivity contribution in [1.82, 2.24) is 4.90 Å². The first-order chi connectivity index (χ1) is 9.97. The summed E-state index contributed by atoms with van der Waals surface area (Å²) in [5.74, 6) is 0.650. The summed E-state index contributed by atoms with van der Waals surface area (Å²) in [5.41, 5.74) is 1.04. The molecular formula is C16H25NO4. The minimum absolute atomic E-state index is 0.0464. The van der Waals surface area contributed by atoms with Crippen LogP contribution in [0.15, 0.2) is 18.2 Å². The molecule has 1 aromatic carbocycles. The Hall–Kier alpha value is -1.75. The summed E-state index contributed by atoms with van der Waals surface area (Å²) in [6.45, 7) is 5.00. The average Bonchev–Trinajstić information content (AvgIpc) is 2.41. The normalized spacial score (nSPS) is 12.2. The topological polar surface area (TPSA) is 59.0 Å². The maximum atomic E-state index is 10.9. The van der Waals surface area contributed by atoms with E-state index in [1.807, 2.05) is 51.0 Å². The maximum absolute atomic E-state index is 10.9. The van der Waals surface area contributed by atoms with Crippen LogP contribution in [-0.4, -0.2) is 49.3 Å². The SMILES string of the molecule is CCOc1ccc(CC(CC(=O)O)N(C)C)cc1OCC. The molecule has 0 aliphatic rings.